The van der Waals surface area contributed by atoms with Crippen molar-refractivity contribution in [3.05, 3.63) is 28.3 Å². The Kier molecular flexibility index (Phi) is 5.40. The fourth-order valence-electron chi connectivity index (χ4n) is 2.82. The van der Waals surface area contributed by atoms with Gasteiger partial charge in [-0.3, -0.25) is 19.7 Å². The minimum Gasteiger partial charge on any atom is -0.496 e. The van der Waals surface area contributed by atoms with Gasteiger partial charge in [0.1, 0.15) is 16.7 Å². The number of nitro benzene ring substituents is 1. The number of nitro groups is 1. The van der Waals surface area contributed by atoms with Crippen LogP contribution < -0.4 is 10.1 Å². The van der Waals surface area contributed by atoms with E-state index in [1.165, 1.54) is 37.1 Å². The number of likely N-dealkylation sites (tertiary alicyclic amines) is 1. The van der Waals surface area contributed by atoms with Crippen molar-refractivity contribution in [2.75, 3.05) is 25.5 Å². The molecule has 1 fully saturated rings. The van der Waals surface area contributed by atoms with Crippen LogP contribution in [0.5, 0.6) is 5.75 Å². The number of amidine groups is 1. The minimum atomic E-state index is -0.595. The molecule has 0 unspecified atom stereocenters. The van der Waals surface area contributed by atoms with E-state index in [0.717, 1.165) is 25.9 Å². The molecule has 0 aliphatic carbocycles. The number of nitrogens with zero attached hydrogens (tertiary/aromatic N) is 3. The van der Waals surface area contributed by atoms with Gasteiger partial charge < -0.3 is 15.0 Å². The highest BCUT2D eigenvalue weighted by Crippen LogP contribution is 2.31. The highest BCUT2D eigenvalue weighted by Gasteiger charge is 2.34. The Morgan fingerprint density at radius 1 is 1.46 bits per heavy atom. The van der Waals surface area contributed by atoms with Gasteiger partial charge in [0.05, 0.1) is 18.1 Å². The Balaban J connectivity index is 1.63. The van der Waals surface area contributed by atoms with Crippen molar-refractivity contribution in [2.45, 2.75) is 24.5 Å². The standard InChI is InChI=1S/C16H18N4O5S/c1-25-10-4-5-11(12(8-10)20(23)24)17-14(21)9-13-15(22)18-16(26-13)19-6-2-3-7-19/h4-5,8,13H,2-3,6-7,9H2,1H3,(H,17,21)/t13-/m1/s1. The summed E-state index contributed by atoms with van der Waals surface area (Å²) >= 11 is 1.28. The molecule has 0 saturated carbocycles. The molecule has 3 rings (SSSR count). The van der Waals surface area contributed by atoms with Crippen molar-refractivity contribution in [2.24, 2.45) is 4.99 Å². The van der Waals surface area contributed by atoms with Crippen LogP contribution in [0.15, 0.2) is 23.2 Å². The highest BCUT2D eigenvalue weighted by atomic mass is 32.2. The van der Waals surface area contributed by atoms with Crippen LogP contribution in [-0.2, 0) is 9.59 Å². The second-order valence-electron chi connectivity index (χ2n) is 5.93. The van der Waals surface area contributed by atoms with Crippen molar-refractivity contribution in [3.8, 4) is 5.75 Å². The number of benzene rings is 1. The van der Waals surface area contributed by atoms with Crippen LogP contribution in [0.2, 0.25) is 0 Å². The first-order valence-electron chi connectivity index (χ1n) is 8.14. The summed E-state index contributed by atoms with van der Waals surface area (Å²) in [5, 5.41) is 13.8. The first-order chi connectivity index (χ1) is 12.5. The monoisotopic (exact) mass is 378 g/mol. The van der Waals surface area contributed by atoms with Crippen molar-refractivity contribution < 1.29 is 19.2 Å². The number of thioether (sulfide) groups is 1. The Morgan fingerprint density at radius 3 is 2.85 bits per heavy atom. The summed E-state index contributed by atoms with van der Waals surface area (Å²) in [6.45, 7) is 1.74. The van der Waals surface area contributed by atoms with E-state index >= 15 is 0 Å². The Hall–Kier alpha value is -2.62. The number of anilines is 1. The normalized spacial score (nSPS) is 19.4. The molecule has 9 nitrogen and oxygen atoms in total. The topological polar surface area (TPSA) is 114 Å². The molecular formula is C16H18N4O5S. The third kappa shape index (κ3) is 3.96. The molecule has 26 heavy (non-hydrogen) atoms. The lowest BCUT2D eigenvalue weighted by molar-refractivity contribution is -0.384. The number of amides is 2. The number of hydrogen-bond donors (Lipinski definition) is 1. The zero-order valence-electron chi connectivity index (χ0n) is 14.1. The fourth-order valence-corrected chi connectivity index (χ4v) is 3.93. The number of hydrogen-bond acceptors (Lipinski definition) is 7. The molecule has 2 amide bonds. The summed E-state index contributed by atoms with van der Waals surface area (Å²) in [5.41, 5.74) is -0.200. The van der Waals surface area contributed by atoms with Gasteiger partial charge in [-0.1, -0.05) is 11.8 Å². The lowest BCUT2D eigenvalue weighted by Gasteiger charge is -2.16. The van der Waals surface area contributed by atoms with Crippen LogP contribution >= 0.6 is 11.8 Å². The predicted molar refractivity (Wildman–Crippen MR) is 97.5 cm³/mol. The van der Waals surface area contributed by atoms with Gasteiger partial charge in [-0.2, -0.15) is 4.99 Å². The molecule has 0 aromatic heterocycles. The van der Waals surface area contributed by atoms with Crippen molar-refractivity contribution in [3.63, 3.8) is 0 Å². The zero-order valence-corrected chi connectivity index (χ0v) is 15.0. The Morgan fingerprint density at radius 2 is 2.19 bits per heavy atom. The molecule has 1 aromatic rings. The van der Waals surface area contributed by atoms with Crippen molar-refractivity contribution in [1.82, 2.24) is 4.90 Å². The number of carbonyl (C=O) groups excluding carboxylic acids is 2. The average molecular weight is 378 g/mol. The van der Waals surface area contributed by atoms with Gasteiger partial charge in [0.15, 0.2) is 5.17 Å². The summed E-state index contributed by atoms with van der Waals surface area (Å²) in [6, 6.07) is 4.16. The van der Waals surface area contributed by atoms with Gasteiger partial charge in [0.2, 0.25) is 5.91 Å². The molecule has 1 atom stereocenters. The lowest BCUT2D eigenvalue weighted by Crippen LogP contribution is -2.25. The van der Waals surface area contributed by atoms with Gasteiger partial charge in [-0.15, -0.1) is 0 Å². The van der Waals surface area contributed by atoms with Crippen LogP contribution in [0, 0.1) is 10.1 Å². The first kappa shape index (κ1) is 18.2. The Bertz CT molecular complexity index is 776. The summed E-state index contributed by atoms with van der Waals surface area (Å²) in [6.07, 6.45) is 2.05. The molecule has 2 aliphatic rings. The quantitative estimate of drug-likeness (QED) is 0.616. The SMILES string of the molecule is COc1ccc(NC(=O)C[C@H]2SC(N3CCCC3)=NC2=O)c([N+](=O)[O-])c1. The largest absolute Gasteiger partial charge is 0.496 e. The van der Waals surface area contributed by atoms with E-state index < -0.39 is 16.1 Å². The van der Waals surface area contributed by atoms with Gasteiger partial charge in [-0.25, -0.2) is 0 Å². The maximum Gasteiger partial charge on any atom is 0.296 e. The third-order valence-electron chi connectivity index (χ3n) is 4.15. The molecule has 10 heteroatoms. The second kappa shape index (κ2) is 7.73. The first-order valence-corrected chi connectivity index (χ1v) is 9.02. The van der Waals surface area contributed by atoms with Gasteiger partial charge in [0.25, 0.3) is 11.6 Å². The molecule has 2 heterocycles. The number of ether oxygens (including phenoxy) is 1. The Labute approximate surface area is 153 Å². The van der Waals surface area contributed by atoms with Crippen LogP contribution in [-0.4, -0.2) is 52.3 Å². The maximum atomic E-state index is 12.3. The maximum absolute atomic E-state index is 12.3. The molecule has 0 radical (unpaired) electrons. The van der Waals surface area contributed by atoms with Gasteiger partial charge in [-0.05, 0) is 25.0 Å². The highest BCUT2D eigenvalue weighted by molar-refractivity contribution is 8.15. The predicted octanol–water partition coefficient (Wildman–Crippen LogP) is 2.03. The number of rotatable bonds is 5. The number of nitrogens with one attached hydrogen (secondary N) is 1. The fraction of sp³-hybridized carbons (Fsp3) is 0.438. The smallest absolute Gasteiger partial charge is 0.296 e. The third-order valence-corrected chi connectivity index (χ3v) is 5.37. The molecule has 0 spiro atoms. The van der Waals surface area contributed by atoms with E-state index in [-0.39, 0.29) is 23.7 Å². The number of carbonyl (C=O) groups is 2. The molecule has 1 aromatic carbocycles. The summed E-state index contributed by atoms with van der Waals surface area (Å²) in [7, 11) is 1.40. The summed E-state index contributed by atoms with van der Waals surface area (Å²) in [4.78, 5) is 41.0. The van der Waals surface area contributed by atoms with Crippen LogP contribution in [0.25, 0.3) is 0 Å². The number of aliphatic imine (C=N–C) groups is 1. The van der Waals surface area contributed by atoms with E-state index in [4.69, 9.17) is 4.74 Å². The van der Waals surface area contributed by atoms with Crippen molar-refractivity contribution in [1.29, 1.82) is 0 Å². The molecule has 2 aliphatic heterocycles. The zero-order chi connectivity index (χ0) is 18.7. The number of methoxy groups -OCH3 is 1. The van der Waals surface area contributed by atoms with E-state index in [0.29, 0.717) is 10.9 Å². The van der Waals surface area contributed by atoms with E-state index in [9.17, 15) is 19.7 Å². The molecule has 0 bridgehead atoms. The van der Waals surface area contributed by atoms with Crippen LogP contribution in [0.4, 0.5) is 11.4 Å². The van der Waals surface area contributed by atoms with E-state index in [1.54, 1.807) is 0 Å². The van der Waals surface area contributed by atoms with Crippen molar-refractivity contribution >= 4 is 40.1 Å². The summed E-state index contributed by atoms with van der Waals surface area (Å²) < 4.78 is 4.96. The lowest BCUT2D eigenvalue weighted by atomic mass is 10.2. The van der Waals surface area contributed by atoms with Gasteiger partial charge >= 0.3 is 0 Å². The van der Waals surface area contributed by atoms with Gasteiger partial charge in [0, 0.05) is 19.5 Å². The molecular weight excluding hydrogens is 360 g/mol. The average Bonchev–Trinajstić information content (AvgIpc) is 3.25. The van der Waals surface area contributed by atoms with Crippen LogP contribution in [0.1, 0.15) is 19.3 Å². The van der Waals surface area contributed by atoms with E-state index in [2.05, 4.69) is 15.2 Å². The van der Waals surface area contributed by atoms with Crippen LogP contribution in [0.3, 0.4) is 0 Å². The summed E-state index contributed by atoms with van der Waals surface area (Å²) in [5.74, 6) is -0.488. The molecule has 138 valence electrons. The molecule has 1 N–H and O–H groups in total. The van der Waals surface area contributed by atoms with E-state index in [1.807, 2.05) is 0 Å². The molecule has 1 saturated heterocycles. The minimum absolute atomic E-state index is 0.0666. The second-order valence-corrected chi connectivity index (χ2v) is 7.10.